The number of aromatic nitrogens is 3. The van der Waals surface area contributed by atoms with Crippen molar-refractivity contribution in [2.45, 2.75) is 38.3 Å². The summed E-state index contributed by atoms with van der Waals surface area (Å²) in [7, 11) is 0. The van der Waals surface area contributed by atoms with Crippen molar-refractivity contribution in [2.75, 3.05) is 0 Å². The average Bonchev–Trinajstić information content (AvgIpc) is 2.87. The zero-order valence-electron chi connectivity index (χ0n) is 9.30. The van der Waals surface area contributed by atoms with Gasteiger partial charge in [-0.25, -0.2) is 4.68 Å². The minimum absolute atomic E-state index is 0.165. The van der Waals surface area contributed by atoms with Crippen LogP contribution in [0.25, 0.3) is 0 Å². The maximum absolute atomic E-state index is 11.7. The van der Waals surface area contributed by atoms with Crippen LogP contribution in [0.1, 0.15) is 36.2 Å². The number of aliphatic carboxylic acids is 1. The number of hydrogen-bond donors (Lipinski definition) is 2. The molecule has 0 aliphatic heterocycles. The number of carboxylic acid groups (broad SMARTS) is 1. The van der Waals surface area contributed by atoms with E-state index in [4.69, 9.17) is 5.11 Å². The molecule has 1 aromatic heterocycles. The van der Waals surface area contributed by atoms with E-state index in [1.165, 1.54) is 6.20 Å². The predicted octanol–water partition coefficient (Wildman–Crippen LogP) is 0.0351. The molecule has 0 aromatic carbocycles. The van der Waals surface area contributed by atoms with Crippen molar-refractivity contribution in [3.63, 3.8) is 0 Å². The predicted molar refractivity (Wildman–Crippen MR) is 57.4 cm³/mol. The first kappa shape index (κ1) is 11.6. The van der Waals surface area contributed by atoms with Crippen LogP contribution in [0.2, 0.25) is 0 Å². The first-order valence-corrected chi connectivity index (χ1v) is 5.58. The van der Waals surface area contributed by atoms with Gasteiger partial charge < -0.3 is 10.4 Å². The van der Waals surface area contributed by atoms with E-state index in [1.54, 1.807) is 0 Å². The lowest BCUT2D eigenvalue weighted by atomic mass is 10.2. The van der Waals surface area contributed by atoms with Crippen LogP contribution in [0.4, 0.5) is 0 Å². The van der Waals surface area contributed by atoms with E-state index in [-0.39, 0.29) is 24.2 Å². The van der Waals surface area contributed by atoms with Crippen LogP contribution in [0, 0.1) is 0 Å². The van der Waals surface area contributed by atoms with Gasteiger partial charge in [0.15, 0.2) is 5.69 Å². The van der Waals surface area contributed by atoms with Crippen LogP contribution in [-0.2, 0) is 11.3 Å². The lowest BCUT2D eigenvalue weighted by molar-refractivity contribution is -0.137. The van der Waals surface area contributed by atoms with Gasteiger partial charge in [0.05, 0.1) is 6.20 Å². The van der Waals surface area contributed by atoms with E-state index in [9.17, 15) is 9.59 Å². The summed E-state index contributed by atoms with van der Waals surface area (Å²) in [6.45, 7) is -0.288. The van der Waals surface area contributed by atoms with Crippen molar-refractivity contribution in [1.82, 2.24) is 20.3 Å². The Balaban J connectivity index is 1.94. The Labute approximate surface area is 97.8 Å². The Morgan fingerprint density at radius 1 is 1.47 bits per heavy atom. The van der Waals surface area contributed by atoms with Crippen LogP contribution < -0.4 is 5.32 Å². The highest BCUT2D eigenvalue weighted by molar-refractivity contribution is 5.92. The molecule has 17 heavy (non-hydrogen) atoms. The summed E-state index contributed by atoms with van der Waals surface area (Å²) in [5.74, 6) is -1.30. The normalized spacial score (nSPS) is 16.0. The maximum Gasteiger partial charge on any atom is 0.325 e. The van der Waals surface area contributed by atoms with Gasteiger partial charge in [0.2, 0.25) is 0 Å². The monoisotopic (exact) mass is 238 g/mol. The molecule has 0 spiro atoms. The highest BCUT2D eigenvalue weighted by Gasteiger charge is 2.19. The minimum atomic E-state index is -1.02. The fourth-order valence-corrected chi connectivity index (χ4v) is 1.95. The van der Waals surface area contributed by atoms with Crippen LogP contribution in [0.15, 0.2) is 6.20 Å². The van der Waals surface area contributed by atoms with Crippen molar-refractivity contribution in [1.29, 1.82) is 0 Å². The van der Waals surface area contributed by atoms with Gasteiger partial charge in [-0.3, -0.25) is 9.59 Å². The summed E-state index contributed by atoms with van der Waals surface area (Å²) in [4.78, 5) is 22.2. The van der Waals surface area contributed by atoms with E-state index in [0.717, 1.165) is 30.4 Å². The molecule has 0 radical (unpaired) electrons. The molecule has 0 saturated heterocycles. The van der Waals surface area contributed by atoms with Gasteiger partial charge in [0, 0.05) is 6.04 Å². The van der Waals surface area contributed by atoms with Gasteiger partial charge in [0.25, 0.3) is 5.91 Å². The first-order chi connectivity index (χ1) is 8.15. The quantitative estimate of drug-likeness (QED) is 0.771. The van der Waals surface area contributed by atoms with Gasteiger partial charge in [-0.2, -0.15) is 0 Å². The average molecular weight is 238 g/mol. The molecule has 92 valence electrons. The van der Waals surface area contributed by atoms with E-state index < -0.39 is 5.97 Å². The molecule has 1 fully saturated rings. The summed E-state index contributed by atoms with van der Waals surface area (Å²) in [6, 6.07) is 0.215. The number of hydrogen-bond acceptors (Lipinski definition) is 4. The van der Waals surface area contributed by atoms with Crippen LogP contribution in [0.5, 0.6) is 0 Å². The van der Waals surface area contributed by atoms with Gasteiger partial charge >= 0.3 is 5.97 Å². The van der Waals surface area contributed by atoms with Crippen LogP contribution in [0.3, 0.4) is 0 Å². The van der Waals surface area contributed by atoms with E-state index in [1.807, 2.05) is 0 Å². The molecule has 7 heteroatoms. The van der Waals surface area contributed by atoms with Gasteiger partial charge in [-0.05, 0) is 12.8 Å². The lowest BCUT2D eigenvalue weighted by Gasteiger charge is -2.09. The van der Waals surface area contributed by atoms with Crippen LogP contribution in [-0.4, -0.2) is 38.0 Å². The molecule has 1 aliphatic carbocycles. The molecule has 1 amide bonds. The molecule has 2 N–H and O–H groups in total. The van der Waals surface area contributed by atoms with Crippen molar-refractivity contribution >= 4 is 11.9 Å². The van der Waals surface area contributed by atoms with Crippen molar-refractivity contribution in [2.24, 2.45) is 0 Å². The largest absolute Gasteiger partial charge is 0.480 e. The zero-order chi connectivity index (χ0) is 12.3. The molecular formula is C10H14N4O3. The molecule has 0 unspecified atom stereocenters. The fourth-order valence-electron chi connectivity index (χ4n) is 1.95. The second-order valence-corrected chi connectivity index (χ2v) is 4.15. The smallest absolute Gasteiger partial charge is 0.325 e. The summed E-state index contributed by atoms with van der Waals surface area (Å²) >= 11 is 0. The van der Waals surface area contributed by atoms with E-state index >= 15 is 0 Å². The molecule has 0 atom stereocenters. The number of carbonyl (C=O) groups excluding carboxylic acids is 1. The standard InChI is InChI=1S/C10H14N4O3/c15-9(16)6-14-5-8(12-13-14)10(17)11-7-3-1-2-4-7/h5,7H,1-4,6H2,(H,11,17)(H,15,16). The molecular weight excluding hydrogens is 224 g/mol. The summed E-state index contributed by atoms with van der Waals surface area (Å²) in [5, 5.41) is 18.6. The highest BCUT2D eigenvalue weighted by Crippen LogP contribution is 2.17. The van der Waals surface area contributed by atoms with Gasteiger partial charge in [-0.1, -0.05) is 18.1 Å². The molecule has 1 aromatic rings. The zero-order valence-corrected chi connectivity index (χ0v) is 9.30. The topological polar surface area (TPSA) is 97.1 Å². The number of carbonyl (C=O) groups is 2. The SMILES string of the molecule is O=C(O)Cn1cc(C(=O)NC2CCCC2)nn1. The summed E-state index contributed by atoms with van der Waals surface area (Å²) in [6.07, 6.45) is 5.61. The molecule has 1 aliphatic rings. The Morgan fingerprint density at radius 2 is 2.18 bits per heavy atom. The molecule has 1 heterocycles. The van der Waals surface area contributed by atoms with Crippen molar-refractivity contribution < 1.29 is 14.7 Å². The molecule has 0 bridgehead atoms. The molecule has 7 nitrogen and oxygen atoms in total. The van der Waals surface area contributed by atoms with E-state index in [2.05, 4.69) is 15.6 Å². The third kappa shape index (κ3) is 3.02. The number of amides is 1. The Kier molecular flexibility index (Phi) is 3.36. The lowest BCUT2D eigenvalue weighted by Crippen LogP contribution is -2.32. The highest BCUT2D eigenvalue weighted by atomic mass is 16.4. The molecule has 2 rings (SSSR count). The third-order valence-corrected chi connectivity index (χ3v) is 2.76. The summed E-state index contributed by atoms with van der Waals surface area (Å²) in [5.41, 5.74) is 0.165. The molecule has 1 saturated carbocycles. The van der Waals surface area contributed by atoms with Crippen molar-refractivity contribution in [3.05, 3.63) is 11.9 Å². The Morgan fingerprint density at radius 3 is 2.82 bits per heavy atom. The Bertz CT molecular complexity index is 423. The number of nitrogens with zero attached hydrogens (tertiary/aromatic N) is 3. The maximum atomic E-state index is 11.7. The second kappa shape index (κ2) is 4.94. The minimum Gasteiger partial charge on any atom is -0.480 e. The first-order valence-electron chi connectivity index (χ1n) is 5.58. The van der Waals surface area contributed by atoms with Gasteiger partial charge in [0.1, 0.15) is 6.54 Å². The van der Waals surface area contributed by atoms with E-state index in [0.29, 0.717) is 0 Å². The fraction of sp³-hybridized carbons (Fsp3) is 0.600. The third-order valence-electron chi connectivity index (χ3n) is 2.76. The van der Waals surface area contributed by atoms with Crippen molar-refractivity contribution in [3.8, 4) is 0 Å². The number of carboxylic acids is 1. The van der Waals surface area contributed by atoms with Crippen LogP contribution >= 0.6 is 0 Å². The summed E-state index contributed by atoms with van der Waals surface area (Å²) < 4.78 is 1.13. The number of nitrogens with one attached hydrogen (secondary N) is 1. The second-order valence-electron chi connectivity index (χ2n) is 4.15. The Hall–Kier alpha value is -1.92. The van der Waals surface area contributed by atoms with Gasteiger partial charge in [-0.15, -0.1) is 5.10 Å². The number of rotatable bonds is 4.